The van der Waals surface area contributed by atoms with Gasteiger partial charge in [0.25, 0.3) is 0 Å². The Morgan fingerprint density at radius 3 is 2.72 bits per heavy atom. The number of nitrogens with zero attached hydrogens (tertiary/aromatic N) is 1. The second-order valence-electron chi connectivity index (χ2n) is 5.48. The number of aliphatic hydroxyl groups is 1. The summed E-state index contributed by atoms with van der Waals surface area (Å²) in [6, 6.07) is 0. The fourth-order valence-corrected chi connectivity index (χ4v) is 4.43. The average Bonchev–Trinajstić information content (AvgIpc) is 2.95. The predicted octanol–water partition coefficient (Wildman–Crippen LogP) is 0.446. The summed E-state index contributed by atoms with van der Waals surface area (Å²) >= 11 is 0. The van der Waals surface area contributed by atoms with E-state index in [9.17, 15) is 13.5 Å². The van der Waals surface area contributed by atoms with Crippen molar-refractivity contribution in [1.82, 2.24) is 4.31 Å². The molecule has 2 aliphatic rings. The summed E-state index contributed by atoms with van der Waals surface area (Å²) in [6.45, 7) is 3.83. The minimum atomic E-state index is -3.18. The first kappa shape index (κ1) is 14.2. The third-order valence-corrected chi connectivity index (χ3v) is 5.92. The zero-order valence-corrected chi connectivity index (χ0v) is 11.7. The van der Waals surface area contributed by atoms with E-state index in [0.29, 0.717) is 19.5 Å². The number of hydrogen-bond acceptors (Lipinski definition) is 4. The lowest BCUT2D eigenvalue weighted by Crippen LogP contribution is -2.32. The molecule has 0 amide bonds. The standard InChI is InChI=1S/C12H23NO4S/c1-10-7-13(8-11(10)9-14)18(15,16)6-4-12-3-2-5-17-12/h10-12,14H,2-9H2,1H3/t10-,11+,12-/m1/s1. The summed E-state index contributed by atoms with van der Waals surface area (Å²) in [4.78, 5) is 0. The summed E-state index contributed by atoms with van der Waals surface area (Å²) in [5, 5.41) is 9.18. The highest BCUT2D eigenvalue weighted by molar-refractivity contribution is 7.89. The van der Waals surface area contributed by atoms with E-state index >= 15 is 0 Å². The molecule has 0 aromatic heterocycles. The number of hydrogen-bond donors (Lipinski definition) is 1. The van der Waals surface area contributed by atoms with Crippen molar-refractivity contribution in [3.63, 3.8) is 0 Å². The van der Waals surface area contributed by atoms with Crippen LogP contribution in [-0.4, -0.2) is 56.0 Å². The van der Waals surface area contributed by atoms with E-state index in [0.717, 1.165) is 19.4 Å². The monoisotopic (exact) mass is 277 g/mol. The lowest BCUT2D eigenvalue weighted by atomic mass is 10.00. The van der Waals surface area contributed by atoms with E-state index in [-0.39, 0.29) is 30.3 Å². The molecule has 2 saturated heterocycles. The Labute approximate surface area is 109 Å². The molecule has 2 heterocycles. The molecule has 0 saturated carbocycles. The van der Waals surface area contributed by atoms with Crippen molar-refractivity contribution in [3.8, 4) is 0 Å². The lowest BCUT2D eigenvalue weighted by Gasteiger charge is -2.17. The van der Waals surface area contributed by atoms with Crippen molar-refractivity contribution >= 4 is 10.0 Å². The topological polar surface area (TPSA) is 66.8 Å². The van der Waals surface area contributed by atoms with Gasteiger partial charge in [0, 0.05) is 26.3 Å². The van der Waals surface area contributed by atoms with Crippen LogP contribution in [0, 0.1) is 11.8 Å². The molecule has 0 aliphatic carbocycles. The van der Waals surface area contributed by atoms with Gasteiger partial charge in [0.1, 0.15) is 0 Å². The van der Waals surface area contributed by atoms with E-state index in [4.69, 9.17) is 4.74 Å². The van der Waals surface area contributed by atoms with Gasteiger partial charge in [-0.05, 0) is 31.1 Å². The Balaban J connectivity index is 1.86. The summed E-state index contributed by atoms with van der Waals surface area (Å²) in [5.74, 6) is 0.498. The lowest BCUT2D eigenvalue weighted by molar-refractivity contribution is 0.108. The molecule has 1 N–H and O–H groups in total. The maximum Gasteiger partial charge on any atom is 0.214 e. The van der Waals surface area contributed by atoms with Gasteiger partial charge >= 0.3 is 0 Å². The van der Waals surface area contributed by atoms with Crippen LogP contribution in [0.4, 0.5) is 0 Å². The van der Waals surface area contributed by atoms with Crippen LogP contribution in [0.3, 0.4) is 0 Å². The molecular weight excluding hydrogens is 254 g/mol. The van der Waals surface area contributed by atoms with Gasteiger partial charge in [0.15, 0.2) is 0 Å². The summed E-state index contributed by atoms with van der Waals surface area (Å²) in [5.41, 5.74) is 0. The minimum absolute atomic E-state index is 0.0684. The number of ether oxygens (including phenoxy) is 1. The first-order valence-electron chi connectivity index (χ1n) is 6.73. The molecule has 106 valence electrons. The SMILES string of the molecule is C[C@@H]1CN(S(=O)(=O)CC[C@H]2CCCO2)C[C@H]1CO. The highest BCUT2D eigenvalue weighted by Crippen LogP contribution is 2.26. The molecule has 0 aromatic rings. The normalized spacial score (nSPS) is 34.2. The van der Waals surface area contributed by atoms with Gasteiger partial charge in [0.2, 0.25) is 10.0 Å². The second kappa shape index (κ2) is 5.86. The van der Waals surface area contributed by atoms with Crippen LogP contribution < -0.4 is 0 Å². The maximum absolute atomic E-state index is 12.2. The van der Waals surface area contributed by atoms with Crippen molar-refractivity contribution in [2.45, 2.75) is 32.3 Å². The Bertz CT molecular complexity index is 364. The van der Waals surface area contributed by atoms with Crippen molar-refractivity contribution in [3.05, 3.63) is 0 Å². The zero-order chi connectivity index (χ0) is 13.2. The zero-order valence-electron chi connectivity index (χ0n) is 10.9. The van der Waals surface area contributed by atoms with Crippen LogP contribution in [0.1, 0.15) is 26.2 Å². The summed E-state index contributed by atoms with van der Waals surface area (Å²) < 4.78 is 31.4. The Kier molecular flexibility index (Phi) is 4.64. The fourth-order valence-electron chi connectivity index (χ4n) is 2.73. The molecule has 0 unspecified atom stereocenters. The van der Waals surface area contributed by atoms with Crippen molar-refractivity contribution in [2.75, 3.05) is 32.1 Å². The second-order valence-corrected chi connectivity index (χ2v) is 7.57. The number of rotatable bonds is 5. The van der Waals surface area contributed by atoms with Crippen molar-refractivity contribution in [2.24, 2.45) is 11.8 Å². The minimum Gasteiger partial charge on any atom is -0.396 e. The molecule has 18 heavy (non-hydrogen) atoms. The van der Waals surface area contributed by atoms with E-state index in [1.807, 2.05) is 6.92 Å². The van der Waals surface area contributed by atoms with Crippen LogP contribution in [0.2, 0.25) is 0 Å². The molecule has 0 aromatic carbocycles. The third-order valence-electron chi connectivity index (χ3n) is 4.08. The van der Waals surface area contributed by atoms with Crippen LogP contribution in [0.5, 0.6) is 0 Å². The molecule has 0 spiro atoms. The Morgan fingerprint density at radius 1 is 1.39 bits per heavy atom. The Hall–Kier alpha value is -0.170. The van der Waals surface area contributed by atoms with Crippen molar-refractivity contribution in [1.29, 1.82) is 0 Å². The number of sulfonamides is 1. The molecule has 3 atom stereocenters. The third kappa shape index (κ3) is 3.23. The molecule has 2 aliphatic heterocycles. The first-order chi connectivity index (χ1) is 8.53. The van der Waals surface area contributed by atoms with Gasteiger partial charge < -0.3 is 9.84 Å². The van der Waals surface area contributed by atoms with Crippen LogP contribution >= 0.6 is 0 Å². The Morgan fingerprint density at radius 2 is 2.17 bits per heavy atom. The van der Waals surface area contributed by atoms with Gasteiger partial charge in [-0.3, -0.25) is 0 Å². The van der Waals surface area contributed by atoms with Gasteiger partial charge in [0.05, 0.1) is 11.9 Å². The first-order valence-corrected chi connectivity index (χ1v) is 8.34. The van der Waals surface area contributed by atoms with Crippen LogP contribution in [-0.2, 0) is 14.8 Å². The largest absolute Gasteiger partial charge is 0.396 e. The van der Waals surface area contributed by atoms with E-state index in [1.54, 1.807) is 0 Å². The average molecular weight is 277 g/mol. The number of aliphatic hydroxyl groups excluding tert-OH is 1. The van der Waals surface area contributed by atoms with E-state index in [1.165, 1.54) is 4.31 Å². The van der Waals surface area contributed by atoms with Crippen LogP contribution in [0.15, 0.2) is 0 Å². The van der Waals surface area contributed by atoms with Gasteiger partial charge in [-0.15, -0.1) is 0 Å². The smallest absolute Gasteiger partial charge is 0.214 e. The predicted molar refractivity (Wildman–Crippen MR) is 68.7 cm³/mol. The quantitative estimate of drug-likeness (QED) is 0.792. The molecule has 5 nitrogen and oxygen atoms in total. The molecular formula is C12H23NO4S. The van der Waals surface area contributed by atoms with E-state index in [2.05, 4.69) is 0 Å². The van der Waals surface area contributed by atoms with Crippen LogP contribution in [0.25, 0.3) is 0 Å². The van der Waals surface area contributed by atoms with Gasteiger partial charge in [-0.1, -0.05) is 6.92 Å². The highest BCUT2D eigenvalue weighted by atomic mass is 32.2. The van der Waals surface area contributed by atoms with Gasteiger partial charge in [-0.2, -0.15) is 0 Å². The summed E-state index contributed by atoms with van der Waals surface area (Å²) in [6.07, 6.45) is 2.73. The molecule has 6 heteroatoms. The van der Waals surface area contributed by atoms with E-state index < -0.39 is 10.0 Å². The molecule has 2 rings (SSSR count). The summed E-state index contributed by atoms with van der Waals surface area (Å²) in [7, 11) is -3.18. The molecule has 2 fully saturated rings. The van der Waals surface area contributed by atoms with Gasteiger partial charge in [-0.25, -0.2) is 12.7 Å². The highest BCUT2D eigenvalue weighted by Gasteiger charge is 2.36. The molecule has 0 radical (unpaired) electrons. The van der Waals surface area contributed by atoms with Crippen molar-refractivity contribution < 1.29 is 18.3 Å². The maximum atomic E-state index is 12.2. The molecule has 0 bridgehead atoms. The fraction of sp³-hybridized carbons (Fsp3) is 1.00.